The zero-order chi connectivity index (χ0) is 22.8. The lowest BCUT2D eigenvalue weighted by Gasteiger charge is -2.29. The minimum Gasteiger partial charge on any atom is -0.497 e. The molecule has 1 aromatic carbocycles. The predicted molar refractivity (Wildman–Crippen MR) is 128 cm³/mol. The van der Waals surface area contributed by atoms with Gasteiger partial charge in [-0.2, -0.15) is 0 Å². The van der Waals surface area contributed by atoms with Crippen molar-refractivity contribution in [2.45, 2.75) is 32.2 Å². The molecule has 2 heterocycles. The first kappa shape index (κ1) is 23.5. The Kier molecular flexibility index (Phi) is 8.86. The van der Waals surface area contributed by atoms with Crippen molar-refractivity contribution >= 4 is 17.7 Å². The summed E-state index contributed by atoms with van der Waals surface area (Å²) in [6.45, 7) is 5.36. The molecule has 0 radical (unpaired) electrons. The van der Waals surface area contributed by atoms with Crippen molar-refractivity contribution in [3.8, 4) is 5.75 Å². The highest BCUT2D eigenvalue weighted by atomic mass is 16.5. The van der Waals surface area contributed by atoms with E-state index in [1.807, 2.05) is 25.1 Å². The second kappa shape index (κ2) is 12.0. The summed E-state index contributed by atoms with van der Waals surface area (Å²) in [5.41, 5.74) is 2.31. The van der Waals surface area contributed by atoms with Crippen molar-refractivity contribution in [2.75, 3.05) is 45.7 Å². The molecule has 1 saturated heterocycles. The Morgan fingerprint density at radius 1 is 1.16 bits per heavy atom. The number of benzene rings is 1. The zero-order valence-electron chi connectivity index (χ0n) is 19.2. The third kappa shape index (κ3) is 6.95. The molecule has 3 rings (SSSR count). The van der Waals surface area contributed by atoms with Crippen molar-refractivity contribution in [3.05, 3.63) is 53.7 Å². The van der Waals surface area contributed by atoms with Crippen molar-refractivity contribution in [3.63, 3.8) is 0 Å². The van der Waals surface area contributed by atoms with Gasteiger partial charge in [0.05, 0.1) is 13.2 Å². The van der Waals surface area contributed by atoms with Crippen LogP contribution in [0.3, 0.4) is 0 Å². The van der Waals surface area contributed by atoms with E-state index in [2.05, 4.69) is 43.0 Å². The Morgan fingerprint density at radius 2 is 1.91 bits per heavy atom. The number of anilines is 1. The average Bonchev–Trinajstić information content (AvgIpc) is 3.34. The monoisotopic (exact) mass is 438 g/mol. The molecule has 8 heteroatoms. The summed E-state index contributed by atoms with van der Waals surface area (Å²) in [4.78, 5) is 23.2. The first-order valence-electron chi connectivity index (χ1n) is 11.1. The summed E-state index contributed by atoms with van der Waals surface area (Å²) in [5.74, 6) is 2.02. The van der Waals surface area contributed by atoms with E-state index in [0.29, 0.717) is 24.7 Å². The molecular weight excluding hydrogens is 404 g/mol. The molecule has 0 bridgehead atoms. The predicted octanol–water partition coefficient (Wildman–Crippen LogP) is 2.73. The second-order valence-electron chi connectivity index (χ2n) is 7.93. The summed E-state index contributed by atoms with van der Waals surface area (Å²) in [6, 6.07) is 12.2. The minimum absolute atomic E-state index is 0.0857. The lowest BCUT2D eigenvalue weighted by atomic mass is 10.1. The van der Waals surface area contributed by atoms with Gasteiger partial charge < -0.3 is 20.7 Å². The number of nitrogens with zero attached hydrogens (tertiary/aromatic N) is 3. The van der Waals surface area contributed by atoms with Crippen LogP contribution in [0.15, 0.2) is 47.6 Å². The summed E-state index contributed by atoms with van der Waals surface area (Å²) >= 11 is 0. The molecule has 1 unspecified atom stereocenters. The van der Waals surface area contributed by atoms with Crippen LogP contribution in [-0.2, 0) is 4.79 Å². The molecule has 2 aromatic rings. The number of hydrogen-bond donors (Lipinski definition) is 3. The zero-order valence-corrected chi connectivity index (χ0v) is 19.2. The Labute approximate surface area is 190 Å². The maximum Gasteiger partial charge on any atom is 0.227 e. The van der Waals surface area contributed by atoms with Crippen LogP contribution in [-0.4, -0.2) is 62.1 Å². The summed E-state index contributed by atoms with van der Waals surface area (Å²) < 4.78 is 5.30. The number of aryl methyl sites for hydroxylation is 1. The van der Waals surface area contributed by atoms with E-state index < -0.39 is 0 Å². The fourth-order valence-electron chi connectivity index (χ4n) is 3.79. The standard InChI is InChI=1S/C24H34N6O2/c1-18-6-11-22(27-16-18)29-23(31)12-13-26-24(25-2)28-17-21(30-14-4-5-15-30)19-7-9-20(32-3)10-8-19/h6-11,16,21H,4-5,12-15,17H2,1-3H3,(H2,25,26,28)(H,27,29,31). The molecule has 0 saturated carbocycles. The number of guanidine groups is 1. The third-order valence-corrected chi connectivity index (χ3v) is 5.59. The molecule has 32 heavy (non-hydrogen) atoms. The molecule has 8 nitrogen and oxygen atoms in total. The Hall–Kier alpha value is -3.13. The van der Waals surface area contributed by atoms with Crippen molar-refractivity contribution in [1.82, 2.24) is 20.5 Å². The van der Waals surface area contributed by atoms with Crippen LogP contribution in [0, 0.1) is 6.92 Å². The van der Waals surface area contributed by atoms with E-state index in [0.717, 1.165) is 30.9 Å². The van der Waals surface area contributed by atoms with Gasteiger partial charge in [-0.3, -0.25) is 14.7 Å². The number of nitrogens with one attached hydrogen (secondary N) is 3. The molecular formula is C24H34N6O2. The maximum atomic E-state index is 12.2. The fourth-order valence-corrected chi connectivity index (χ4v) is 3.79. The van der Waals surface area contributed by atoms with E-state index in [-0.39, 0.29) is 11.9 Å². The molecule has 1 aromatic heterocycles. The summed E-state index contributed by atoms with van der Waals surface area (Å²) in [6.07, 6.45) is 4.51. The molecule has 0 aliphatic carbocycles. The average molecular weight is 439 g/mol. The summed E-state index contributed by atoms with van der Waals surface area (Å²) in [7, 11) is 3.42. The van der Waals surface area contributed by atoms with Gasteiger partial charge in [0.25, 0.3) is 0 Å². The van der Waals surface area contributed by atoms with Gasteiger partial charge >= 0.3 is 0 Å². The number of carbonyl (C=O) groups is 1. The van der Waals surface area contributed by atoms with Crippen LogP contribution < -0.4 is 20.7 Å². The smallest absolute Gasteiger partial charge is 0.227 e. The van der Waals surface area contributed by atoms with Gasteiger partial charge in [0.15, 0.2) is 5.96 Å². The van der Waals surface area contributed by atoms with Crippen LogP contribution in [0.1, 0.15) is 36.4 Å². The van der Waals surface area contributed by atoms with E-state index in [9.17, 15) is 4.79 Å². The lowest BCUT2D eigenvalue weighted by molar-refractivity contribution is -0.116. The SMILES string of the molecule is CN=C(NCCC(=O)Nc1ccc(C)cn1)NCC(c1ccc(OC)cc1)N1CCCC1. The van der Waals surface area contributed by atoms with Crippen LogP contribution in [0.2, 0.25) is 0 Å². The van der Waals surface area contributed by atoms with Crippen molar-refractivity contribution < 1.29 is 9.53 Å². The topological polar surface area (TPSA) is 90.9 Å². The Balaban J connectivity index is 1.49. The highest BCUT2D eigenvalue weighted by molar-refractivity contribution is 5.90. The van der Waals surface area contributed by atoms with Gasteiger partial charge in [0.2, 0.25) is 5.91 Å². The summed E-state index contributed by atoms with van der Waals surface area (Å²) in [5, 5.41) is 9.47. The molecule has 1 atom stereocenters. The lowest BCUT2D eigenvalue weighted by Crippen LogP contribution is -2.43. The van der Waals surface area contributed by atoms with Crippen molar-refractivity contribution in [1.29, 1.82) is 0 Å². The van der Waals surface area contributed by atoms with Gasteiger partial charge in [-0.05, 0) is 62.2 Å². The highest BCUT2D eigenvalue weighted by Gasteiger charge is 2.23. The molecule has 1 amide bonds. The Morgan fingerprint density at radius 3 is 2.53 bits per heavy atom. The number of rotatable bonds is 9. The number of pyridine rings is 1. The van der Waals surface area contributed by atoms with Crippen molar-refractivity contribution in [2.24, 2.45) is 4.99 Å². The maximum absolute atomic E-state index is 12.2. The second-order valence-corrected chi connectivity index (χ2v) is 7.93. The van der Waals surface area contributed by atoms with Crippen LogP contribution in [0.5, 0.6) is 5.75 Å². The minimum atomic E-state index is -0.0857. The van der Waals surface area contributed by atoms with Gasteiger partial charge in [-0.15, -0.1) is 0 Å². The van der Waals surface area contributed by atoms with Crippen LogP contribution >= 0.6 is 0 Å². The molecule has 3 N–H and O–H groups in total. The quantitative estimate of drug-likeness (QED) is 0.412. The number of methoxy groups -OCH3 is 1. The largest absolute Gasteiger partial charge is 0.497 e. The number of aromatic nitrogens is 1. The molecule has 1 fully saturated rings. The number of carbonyl (C=O) groups excluding carboxylic acids is 1. The highest BCUT2D eigenvalue weighted by Crippen LogP contribution is 2.26. The van der Waals surface area contributed by atoms with Crippen LogP contribution in [0.4, 0.5) is 5.82 Å². The molecule has 1 aliphatic heterocycles. The fraction of sp³-hybridized carbons (Fsp3) is 0.458. The number of hydrogen-bond acceptors (Lipinski definition) is 5. The van der Waals surface area contributed by atoms with Gasteiger partial charge in [0, 0.05) is 32.8 Å². The molecule has 1 aliphatic rings. The number of amides is 1. The van der Waals surface area contributed by atoms with Gasteiger partial charge in [0.1, 0.15) is 11.6 Å². The third-order valence-electron chi connectivity index (χ3n) is 5.59. The molecule has 0 spiro atoms. The van der Waals surface area contributed by atoms with E-state index >= 15 is 0 Å². The first-order valence-corrected chi connectivity index (χ1v) is 11.1. The Bertz CT molecular complexity index is 876. The number of aliphatic imine (C=N–C) groups is 1. The van der Waals surface area contributed by atoms with Gasteiger partial charge in [-0.1, -0.05) is 18.2 Å². The van der Waals surface area contributed by atoms with Crippen LogP contribution in [0.25, 0.3) is 0 Å². The van der Waals surface area contributed by atoms with E-state index in [1.54, 1.807) is 26.4 Å². The van der Waals surface area contributed by atoms with Gasteiger partial charge in [-0.25, -0.2) is 4.98 Å². The van der Waals surface area contributed by atoms with E-state index in [4.69, 9.17) is 4.74 Å². The normalized spacial score (nSPS) is 15.3. The number of ether oxygens (including phenoxy) is 1. The molecule has 172 valence electrons. The van der Waals surface area contributed by atoms with E-state index in [1.165, 1.54) is 18.4 Å². The number of likely N-dealkylation sites (tertiary alicyclic amines) is 1. The first-order chi connectivity index (χ1) is 15.6.